The van der Waals surface area contributed by atoms with E-state index in [0.717, 1.165) is 49.6 Å². The number of hydrogen-bond donors (Lipinski definition) is 1. The monoisotopic (exact) mass is 471 g/mol. The number of nitrogens with one attached hydrogen (secondary N) is 1. The molecule has 0 saturated heterocycles. The number of carbonyl (C=O) groups excluding carboxylic acids is 1. The predicted octanol–water partition coefficient (Wildman–Crippen LogP) is 5.82. The number of hydrogen-bond acceptors (Lipinski definition) is 4. The first kappa shape index (κ1) is 23.0. The zero-order valence-corrected chi connectivity index (χ0v) is 19.5. The smallest absolute Gasteiger partial charge is 0.326 e. The van der Waals surface area contributed by atoms with Crippen molar-refractivity contribution < 1.29 is 13.9 Å². The second kappa shape index (κ2) is 10.2. The van der Waals surface area contributed by atoms with Gasteiger partial charge in [0.25, 0.3) is 0 Å². The number of fused-ring (bicyclic) bond motifs is 1. The highest BCUT2D eigenvalue weighted by Crippen LogP contribution is 2.25. The maximum Gasteiger partial charge on any atom is 0.326 e. The zero-order valence-electron chi connectivity index (χ0n) is 18.7. The summed E-state index contributed by atoms with van der Waals surface area (Å²) in [6.07, 6.45) is 4.22. The van der Waals surface area contributed by atoms with Gasteiger partial charge in [-0.15, -0.1) is 10.2 Å². The lowest BCUT2D eigenvalue weighted by Gasteiger charge is -2.24. The van der Waals surface area contributed by atoms with Gasteiger partial charge in [0, 0.05) is 24.3 Å². The molecule has 0 radical (unpaired) electrons. The molecule has 2 aromatic carbocycles. The fourth-order valence-electron chi connectivity index (χ4n) is 3.83. The van der Waals surface area contributed by atoms with Gasteiger partial charge in [-0.05, 0) is 69.2 Å². The summed E-state index contributed by atoms with van der Waals surface area (Å²) in [5.41, 5.74) is 1.07. The Labute approximate surface area is 197 Å². The Balaban J connectivity index is 1.62. The van der Waals surface area contributed by atoms with E-state index in [1.165, 1.54) is 18.2 Å². The van der Waals surface area contributed by atoms with Crippen molar-refractivity contribution in [2.24, 2.45) is 0 Å². The van der Waals surface area contributed by atoms with Crippen LogP contribution in [0.4, 0.5) is 20.6 Å². The maximum atomic E-state index is 13.5. The Bertz CT molecular complexity index is 1120. The molecule has 3 aromatic rings. The summed E-state index contributed by atoms with van der Waals surface area (Å²) in [5.74, 6) is 1.85. The summed E-state index contributed by atoms with van der Waals surface area (Å²) in [7, 11) is 0. The lowest BCUT2D eigenvalue weighted by Crippen LogP contribution is -2.35. The number of carbonyl (C=O) groups is 1. The van der Waals surface area contributed by atoms with Gasteiger partial charge in [-0.1, -0.05) is 18.0 Å². The van der Waals surface area contributed by atoms with E-state index in [0.29, 0.717) is 11.4 Å². The van der Waals surface area contributed by atoms with Crippen LogP contribution in [0.5, 0.6) is 5.75 Å². The van der Waals surface area contributed by atoms with E-state index in [2.05, 4.69) is 20.1 Å². The van der Waals surface area contributed by atoms with E-state index in [1.807, 2.05) is 38.1 Å². The SMILES string of the molecule is CC(C)Oc1ccc(N(Cc2nnc3n2CCCCC3)C(=O)Nc2ccc(F)c(Cl)c2)cc1. The molecule has 0 atom stereocenters. The third kappa shape index (κ3) is 5.63. The largest absolute Gasteiger partial charge is 0.491 e. The summed E-state index contributed by atoms with van der Waals surface area (Å²) in [6, 6.07) is 11.0. The van der Waals surface area contributed by atoms with Crippen LogP contribution in [0, 0.1) is 5.82 Å². The second-order valence-electron chi connectivity index (χ2n) is 8.30. The van der Waals surface area contributed by atoms with Crippen molar-refractivity contribution in [3.05, 3.63) is 65.0 Å². The molecule has 0 unspecified atom stereocenters. The Morgan fingerprint density at radius 1 is 1.18 bits per heavy atom. The molecule has 0 fully saturated rings. The maximum absolute atomic E-state index is 13.5. The molecule has 9 heteroatoms. The van der Waals surface area contributed by atoms with Crippen LogP contribution in [-0.2, 0) is 19.5 Å². The first-order chi connectivity index (χ1) is 15.9. The molecule has 0 spiro atoms. The van der Waals surface area contributed by atoms with Crippen LogP contribution in [0.1, 0.15) is 44.8 Å². The van der Waals surface area contributed by atoms with Gasteiger partial charge in [0.05, 0.1) is 17.7 Å². The van der Waals surface area contributed by atoms with Crippen molar-refractivity contribution in [2.45, 2.75) is 58.7 Å². The number of rotatable bonds is 6. The highest BCUT2D eigenvalue weighted by Gasteiger charge is 2.22. The van der Waals surface area contributed by atoms with Crippen molar-refractivity contribution >= 4 is 29.0 Å². The molecule has 1 aliphatic heterocycles. The lowest BCUT2D eigenvalue weighted by molar-refractivity contribution is 0.242. The average molecular weight is 472 g/mol. The molecule has 7 nitrogen and oxygen atoms in total. The molecule has 2 heterocycles. The number of nitrogens with zero attached hydrogens (tertiary/aromatic N) is 4. The van der Waals surface area contributed by atoms with E-state index in [-0.39, 0.29) is 23.7 Å². The number of anilines is 2. The van der Waals surface area contributed by atoms with Crippen LogP contribution in [-0.4, -0.2) is 26.9 Å². The van der Waals surface area contributed by atoms with Gasteiger partial charge < -0.3 is 14.6 Å². The van der Waals surface area contributed by atoms with E-state index in [9.17, 15) is 9.18 Å². The molecule has 1 aromatic heterocycles. The number of aromatic nitrogens is 3. The van der Waals surface area contributed by atoms with Crippen LogP contribution in [0.2, 0.25) is 5.02 Å². The highest BCUT2D eigenvalue weighted by molar-refractivity contribution is 6.31. The van der Waals surface area contributed by atoms with Gasteiger partial charge in [0.15, 0.2) is 5.82 Å². The van der Waals surface area contributed by atoms with Crippen molar-refractivity contribution in [3.8, 4) is 5.75 Å². The third-order valence-electron chi connectivity index (χ3n) is 5.42. The van der Waals surface area contributed by atoms with Gasteiger partial charge >= 0.3 is 6.03 Å². The van der Waals surface area contributed by atoms with Gasteiger partial charge in [0.2, 0.25) is 0 Å². The highest BCUT2D eigenvalue weighted by atomic mass is 35.5. The first-order valence-corrected chi connectivity index (χ1v) is 11.5. The number of ether oxygens (including phenoxy) is 1. The van der Waals surface area contributed by atoms with Gasteiger partial charge in [-0.2, -0.15) is 0 Å². The molecular formula is C24H27ClFN5O2. The Kier molecular flexibility index (Phi) is 7.13. The standard InChI is InChI=1S/C24H27ClFN5O2/c1-16(2)33-19-10-8-18(9-11-19)31(24(32)27-17-7-12-21(26)20(25)14-17)15-23-29-28-22-6-4-3-5-13-30(22)23/h7-12,14,16H,3-6,13,15H2,1-2H3,(H,27,32). The molecule has 174 valence electrons. The predicted molar refractivity (Wildman–Crippen MR) is 126 cm³/mol. The Morgan fingerprint density at radius 3 is 2.70 bits per heavy atom. The van der Waals surface area contributed by atoms with E-state index >= 15 is 0 Å². The fourth-order valence-corrected chi connectivity index (χ4v) is 4.01. The van der Waals surface area contributed by atoms with Crippen molar-refractivity contribution in [1.82, 2.24) is 14.8 Å². The van der Waals surface area contributed by atoms with Crippen LogP contribution in [0.25, 0.3) is 0 Å². The Morgan fingerprint density at radius 2 is 1.97 bits per heavy atom. The van der Waals surface area contributed by atoms with E-state index in [4.69, 9.17) is 16.3 Å². The fraction of sp³-hybridized carbons (Fsp3) is 0.375. The van der Waals surface area contributed by atoms with Crippen LogP contribution < -0.4 is 15.0 Å². The van der Waals surface area contributed by atoms with Crippen LogP contribution in [0.3, 0.4) is 0 Å². The minimum absolute atomic E-state index is 0.0462. The molecule has 0 saturated carbocycles. The van der Waals surface area contributed by atoms with Crippen LogP contribution in [0.15, 0.2) is 42.5 Å². The van der Waals surface area contributed by atoms with Crippen molar-refractivity contribution in [1.29, 1.82) is 0 Å². The van der Waals surface area contributed by atoms with E-state index in [1.54, 1.807) is 4.90 Å². The summed E-state index contributed by atoms with van der Waals surface area (Å²) < 4.78 is 21.4. The number of benzene rings is 2. The summed E-state index contributed by atoms with van der Waals surface area (Å²) in [4.78, 5) is 14.9. The number of halogens is 2. The molecule has 33 heavy (non-hydrogen) atoms. The van der Waals surface area contributed by atoms with Crippen molar-refractivity contribution in [3.63, 3.8) is 0 Å². The molecule has 1 N–H and O–H groups in total. The van der Waals surface area contributed by atoms with Crippen molar-refractivity contribution in [2.75, 3.05) is 10.2 Å². The lowest BCUT2D eigenvalue weighted by atomic mass is 10.2. The summed E-state index contributed by atoms with van der Waals surface area (Å²) in [6.45, 7) is 4.98. The molecule has 4 rings (SSSR count). The van der Waals surface area contributed by atoms with Crippen LogP contribution >= 0.6 is 11.6 Å². The summed E-state index contributed by atoms with van der Waals surface area (Å²) >= 11 is 5.89. The topological polar surface area (TPSA) is 72.3 Å². The molecule has 1 aliphatic rings. The normalized spacial score (nSPS) is 13.4. The third-order valence-corrected chi connectivity index (χ3v) is 5.71. The number of amides is 2. The minimum Gasteiger partial charge on any atom is -0.491 e. The van der Waals surface area contributed by atoms with Gasteiger partial charge in [-0.25, -0.2) is 9.18 Å². The molecule has 0 bridgehead atoms. The van der Waals surface area contributed by atoms with Gasteiger partial charge in [-0.3, -0.25) is 4.90 Å². The molecule has 2 amide bonds. The number of aryl methyl sites for hydroxylation is 1. The van der Waals surface area contributed by atoms with E-state index < -0.39 is 5.82 Å². The number of urea groups is 1. The molecule has 0 aliphatic carbocycles. The first-order valence-electron chi connectivity index (χ1n) is 11.1. The average Bonchev–Trinajstić information content (AvgIpc) is 3.00. The quantitative estimate of drug-likeness (QED) is 0.491. The van der Waals surface area contributed by atoms with Gasteiger partial charge in [0.1, 0.15) is 17.4 Å². The minimum atomic E-state index is -0.543. The summed E-state index contributed by atoms with van der Waals surface area (Å²) in [5, 5.41) is 11.5. The Hall–Kier alpha value is -3.13. The molecular weight excluding hydrogens is 445 g/mol. The zero-order chi connectivity index (χ0) is 23.4. The second-order valence-corrected chi connectivity index (χ2v) is 8.71.